The van der Waals surface area contributed by atoms with Gasteiger partial charge in [-0.15, -0.1) is 0 Å². The maximum atomic E-state index is 13.3. The number of ketones is 5. The Bertz CT molecular complexity index is 5310. The average molecular weight is 1740 g/mol. The molecule has 21 N–H and O–H groups in total. The number of rotatable bonds is 29. The van der Waals surface area contributed by atoms with Crippen molar-refractivity contribution in [2.24, 2.45) is 28.9 Å². The van der Waals surface area contributed by atoms with Gasteiger partial charge in [0.25, 0.3) is 0 Å². The molecule has 0 radical (unpaired) electrons. The van der Waals surface area contributed by atoms with E-state index in [9.17, 15) is 94.6 Å². The van der Waals surface area contributed by atoms with Crippen molar-refractivity contribution < 1.29 is 99.4 Å². The first-order valence-electron chi connectivity index (χ1n) is 36.3. The van der Waals surface area contributed by atoms with Crippen LogP contribution in [0.1, 0.15) is 147 Å². The summed E-state index contributed by atoms with van der Waals surface area (Å²) in [5.74, 6) is -5.89. The van der Waals surface area contributed by atoms with Gasteiger partial charge in [-0.2, -0.15) is 65.9 Å². The highest BCUT2D eigenvalue weighted by Gasteiger charge is 2.42. The lowest BCUT2D eigenvalue weighted by atomic mass is 9.98. The molecule has 1 amide bonds. The number of aryl methyl sites for hydroxylation is 1. The number of nitrogen functional groups attached to an aromatic ring is 5. The Morgan fingerprint density at radius 1 is 0.431 bits per heavy atom. The van der Waals surface area contributed by atoms with Crippen LogP contribution in [0.2, 0.25) is 0 Å². The van der Waals surface area contributed by atoms with Crippen molar-refractivity contribution in [2.75, 3.05) is 104 Å². The molecule has 0 saturated carbocycles. The van der Waals surface area contributed by atoms with Gasteiger partial charge in [0.05, 0.1) is 62.2 Å². The number of alkyl halides is 15. The molecule has 0 saturated heterocycles. The van der Waals surface area contributed by atoms with Gasteiger partial charge in [0, 0.05) is 82.0 Å². The molecule has 10 rings (SSSR count). The maximum absolute atomic E-state index is 13.3. The van der Waals surface area contributed by atoms with E-state index in [1.165, 1.54) is 110 Å². The van der Waals surface area contributed by atoms with Crippen molar-refractivity contribution in [3.8, 4) is 5.88 Å². The molecule has 1 atom stereocenters. The van der Waals surface area contributed by atoms with Crippen molar-refractivity contribution in [1.82, 2.24) is 55.2 Å². The van der Waals surface area contributed by atoms with E-state index in [0.29, 0.717) is 50.8 Å². The molecule has 0 aliphatic rings. The minimum absolute atomic E-state index is 0.0566. The number of anilines is 8. The SMILES string of the molecule is CC(C)[C@H](N)CCc1ccc(C(F)(F)F)c(C(=O)c2cccnc2N)n1.CNCCN(C)c1ccc(C(F)(F)F)c(C(=O)c2cccnc2N)n1.NC(=O)CNc1ccc(C(F)(F)F)c(C(=O)c2cccnc2N)n1.NCCCCNc1ccc(C(F)(F)F)c(C(=O)c2cccnc2N)n1.NCCOc1ccc(C(F)(F)F)c(C(=O)c2cccnc2N)n1. The normalized spacial score (nSPS) is 11.7. The summed E-state index contributed by atoms with van der Waals surface area (Å²) >= 11 is 0. The van der Waals surface area contributed by atoms with Gasteiger partial charge in [-0.05, 0) is 160 Å². The number of nitrogens with one attached hydrogen (secondary N) is 3. The van der Waals surface area contributed by atoms with Gasteiger partial charge in [-0.1, -0.05) is 13.8 Å². The number of hydrogen-bond donors (Lipinski definition) is 12. The summed E-state index contributed by atoms with van der Waals surface area (Å²) in [7, 11) is 3.44. The lowest BCUT2D eigenvalue weighted by Crippen LogP contribution is -2.28. The van der Waals surface area contributed by atoms with E-state index >= 15 is 0 Å². The number of nitrogens with zero attached hydrogens (tertiary/aromatic N) is 11. The molecule has 0 unspecified atom stereocenters. The maximum Gasteiger partial charge on any atom is 0.418 e. The average Bonchev–Trinajstić information content (AvgIpc) is 0.800. The van der Waals surface area contributed by atoms with E-state index in [1.807, 2.05) is 13.8 Å². The summed E-state index contributed by atoms with van der Waals surface area (Å²) in [5, 5.41) is 8.25. The Balaban J connectivity index is 0.000000238. The third kappa shape index (κ3) is 28.2. The number of aromatic nitrogens is 10. The van der Waals surface area contributed by atoms with Gasteiger partial charge >= 0.3 is 30.9 Å². The highest BCUT2D eigenvalue weighted by molar-refractivity contribution is 6.14. The molecule has 0 spiro atoms. The molecule has 30 nitrogen and oxygen atoms in total. The molecule has 45 heteroatoms. The molecular weight excluding hydrogens is 1660 g/mol. The Kier molecular flexibility index (Phi) is 35.1. The first kappa shape index (κ1) is 98.1. The molecular formula is C78H82F15N23O7. The zero-order valence-corrected chi connectivity index (χ0v) is 65.5. The number of carbonyl (C=O) groups is 6. The number of unbranched alkanes of at least 4 members (excludes halogenated alkanes) is 1. The minimum Gasteiger partial charge on any atom is -0.476 e. The summed E-state index contributed by atoms with van der Waals surface area (Å²) in [4.78, 5) is 113. The number of nitrogens with two attached hydrogens (primary N) is 9. The van der Waals surface area contributed by atoms with Crippen molar-refractivity contribution in [1.29, 1.82) is 0 Å². The molecule has 0 aliphatic carbocycles. The van der Waals surface area contributed by atoms with Crippen molar-refractivity contribution in [2.45, 2.75) is 76.5 Å². The van der Waals surface area contributed by atoms with E-state index in [1.54, 1.807) is 19.0 Å². The highest BCUT2D eigenvalue weighted by Crippen LogP contribution is 2.39. The lowest BCUT2D eigenvalue weighted by Gasteiger charge is -2.20. The van der Waals surface area contributed by atoms with E-state index in [-0.39, 0.29) is 112 Å². The fraction of sp³-hybridized carbons (Fsp3) is 0.282. The van der Waals surface area contributed by atoms with E-state index in [0.717, 1.165) is 49.2 Å². The zero-order valence-electron chi connectivity index (χ0n) is 65.5. The number of likely N-dealkylation sites (N-methyl/N-ethyl adjacent to an activating group) is 2. The molecule has 656 valence electrons. The number of hydrogen-bond acceptors (Lipinski definition) is 29. The second-order valence-corrected chi connectivity index (χ2v) is 26.2. The molecule has 123 heavy (non-hydrogen) atoms. The number of amides is 1. The first-order valence-corrected chi connectivity index (χ1v) is 36.3. The highest BCUT2D eigenvalue weighted by atomic mass is 19.4. The second kappa shape index (κ2) is 44.0. The molecule has 0 aromatic carbocycles. The summed E-state index contributed by atoms with van der Waals surface area (Å²) in [6.07, 6.45) is -14.6. The van der Waals surface area contributed by atoms with E-state index < -0.39 is 122 Å². The van der Waals surface area contributed by atoms with Crippen LogP contribution in [0.25, 0.3) is 0 Å². The monoisotopic (exact) mass is 1740 g/mol. The van der Waals surface area contributed by atoms with Crippen LogP contribution in [0, 0.1) is 5.92 Å². The number of primary amides is 1. The standard InChI is InChI=1S/C18H21F3N4O.2C16H18F3N5O.C14H12F3N5O2.C14H13F3N4O2/c1-10(2)14(22)8-6-11-5-7-13(18(19,20)21)15(25-11)16(26)12-4-3-9-24-17(12)23;1-21-8-9-24(2)12-6-5-11(16(17,18)19)13(23-12)14(25)10-4-3-7-22-15(10)20;17-16(18,19)11-5-6-12(22-8-2-1-7-20)24-13(11)14(25)10-4-3-9-23-15(10)21;15-14(16,17)8-3-4-10(21-6-9(18)23)22-11(8)12(24)7-2-1-5-20-13(7)19;15-14(16,17)9-3-4-10(23-7-5-18)21-11(9)12(22)8-2-1-6-20-13(8)19/h3-5,7,9-10,14H,6,8,22H2,1-2H3,(H2,23,24);3-7,21H,8-9H2,1-2H3,(H2,20,22);3-6,9H,1-2,7-8,20H2,(H2,21,23)(H,22,24);1-5H,6H2,(H2,18,23)(H2,19,20)(H,21,22);1-4,6H,5,7,18H2,(H2,19,20)/t14-;;;;/m1..../s1. The van der Waals surface area contributed by atoms with E-state index in [2.05, 4.69) is 65.8 Å². The second-order valence-electron chi connectivity index (χ2n) is 26.2. The third-order valence-electron chi connectivity index (χ3n) is 16.9. The zero-order chi connectivity index (χ0) is 91.5. The summed E-state index contributed by atoms with van der Waals surface area (Å²) in [6, 6.07) is 23.2. The number of pyridine rings is 10. The van der Waals surface area contributed by atoms with Crippen LogP contribution in [-0.2, 0) is 42.1 Å². The van der Waals surface area contributed by atoms with Gasteiger partial charge in [0.1, 0.15) is 81.6 Å². The summed E-state index contributed by atoms with van der Waals surface area (Å²) in [5.41, 5.74) is 39.7. The Hall–Kier alpha value is -13.7. The third-order valence-corrected chi connectivity index (χ3v) is 16.9. The van der Waals surface area contributed by atoms with E-state index in [4.69, 9.17) is 56.3 Å². The summed E-state index contributed by atoms with van der Waals surface area (Å²) in [6.45, 7) is 5.92. The number of ether oxygens (including phenoxy) is 1. The quantitative estimate of drug-likeness (QED) is 0.0118. The van der Waals surface area contributed by atoms with Gasteiger partial charge in [-0.3, -0.25) is 28.8 Å². The largest absolute Gasteiger partial charge is 0.476 e. The van der Waals surface area contributed by atoms with Crippen LogP contribution in [-0.4, -0.2) is 151 Å². The van der Waals surface area contributed by atoms with Crippen molar-refractivity contribution >= 4 is 81.4 Å². The molecule has 0 aliphatic heterocycles. The minimum atomic E-state index is -4.79. The first-order chi connectivity index (χ1) is 57.7. The Morgan fingerprint density at radius 3 is 1.11 bits per heavy atom. The molecule has 10 aromatic rings. The smallest absolute Gasteiger partial charge is 0.418 e. The number of carbonyl (C=O) groups excluding carboxylic acids is 6. The van der Waals surface area contributed by atoms with Crippen LogP contribution in [0.5, 0.6) is 5.88 Å². The number of halogens is 15. The molecule has 10 heterocycles. The Labute approximate surface area is 690 Å². The topological polar surface area (TPSA) is 514 Å². The molecule has 10 aromatic heterocycles. The predicted octanol–water partition coefficient (Wildman–Crippen LogP) is 10.5. The van der Waals surface area contributed by atoms with Crippen molar-refractivity contribution in [3.05, 3.63) is 242 Å². The summed E-state index contributed by atoms with van der Waals surface area (Å²) < 4.78 is 203. The fourth-order valence-electron chi connectivity index (χ4n) is 10.5. The van der Waals surface area contributed by atoms with Gasteiger partial charge in [0.2, 0.25) is 40.7 Å². The van der Waals surface area contributed by atoms with Gasteiger partial charge in [0.15, 0.2) is 0 Å². The predicted molar refractivity (Wildman–Crippen MR) is 424 cm³/mol. The van der Waals surface area contributed by atoms with Crippen molar-refractivity contribution in [3.63, 3.8) is 0 Å². The lowest BCUT2D eigenvalue weighted by molar-refractivity contribution is -0.139. The van der Waals surface area contributed by atoms with Gasteiger partial charge in [-0.25, -0.2) is 49.8 Å². The molecule has 0 fully saturated rings. The van der Waals surface area contributed by atoms with Crippen LogP contribution < -0.4 is 77.2 Å². The Morgan fingerprint density at radius 2 is 0.772 bits per heavy atom. The van der Waals surface area contributed by atoms with Crippen LogP contribution in [0.15, 0.2) is 152 Å². The molecule has 0 bridgehead atoms. The van der Waals surface area contributed by atoms with Crippen LogP contribution >= 0.6 is 0 Å². The van der Waals surface area contributed by atoms with Crippen LogP contribution in [0.4, 0.5) is 112 Å². The van der Waals surface area contributed by atoms with Gasteiger partial charge < -0.3 is 77.2 Å². The fourth-order valence-corrected chi connectivity index (χ4v) is 10.5. The van der Waals surface area contributed by atoms with Crippen LogP contribution in [0.3, 0.4) is 0 Å².